The first-order valence-electron chi connectivity index (χ1n) is 5.05. The lowest BCUT2D eigenvalue weighted by atomic mass is 9.92. The zero-order chi connectivity index (χ0) is 9.90. The summed E-state index contributed by atoms with van der Waals surface area (Å²) in [6.07, 6.45) is 1.24. The van der Waals surface area contributed by atoms with Crippen molar-refractivity contribution in [3.8, 4) is 0 Å². The Kier molecular flexibility index (Phi) is 3.92. The Morgan fingerprint density at radius 1 is 1.23 bits per heavy atom. The summed E-state index contributed by atoms with van der Waals surface area (Å²) in [6.45, 7) is 10.0. The van der Waals surface area contributed by atoms with Gasteiger partial charge >= 0.3 is 0 Å². The van der Waals surface area contributed by atoms with E-state index in [0.29, 0.717) is 5.41 Å². The first-order valence-corrected chi connectivity index (χ1v) is 6.53. The lowest BCUT2D eigenvalue weighted by Crippen LogP contribution is -2.39. The van der Waals surface area contributed by atoms with Crippen LogP contribution in [0.4, 0.5) is 0 Å². The molecule has 1 saturated heterocycles. The molecule has 0 radical (unpaired) electrons. The Balaban J connectivity index is 2.20. The molecule has 0 aromatic heterocycles. The van der Waals surface area contributed by atoms with Crippen molar-refractivity contribution in [1.82, 2.24) is 4.90 Å². The van der Waals surface area contributed by atoms with Crippen LogP contribution in [0, 0.1) is 5.41 Å². The van der Waals surface area contributed by atoms with Crippen molar-refractivity contribution in [2.75, 3.05) is 31.1 Å². The van der Waals surface area contributed by atoms with Crippen LogP contribution in [0.1, 0.15) is 27.2 Å². The second-order valence-electron chi connectivity index (χ2n) is 5.00. The molecule has 0 unspecified atom stereocenters. The Hall–Kier alpha value is 0.110. The monoisotopic (exact) mass is 203 g/mol. The smallest absolute Gasteiger partial charge is 0.0363 e. The van der Waals surface area contributed by atoms with Gasteiger partial charge in [-0.1, -0.05) is 20.8 Å². The molecule has 0 N–H and O–H groups in total. The van der Waals surface area contributed by atoms with E-state index in [-0.39, 0.29) is 0 Å². The fourth-order valence-corrected chi connectivity index (χ4v) is 2.52. The summed E-state index contributed by atoms with van der Waals surface area (Å²) >= 11 is 0. The minimum Gasteiger partial charge on any atom is -0.301 e. The van der Waals surface area contributed by atoms with Crippen LogP contribution >= 0.6 is 0 Å². The highest BCUT2D eigenvalue weighted by molar-refractivity contribution is 7.85. The Labute approximate surface area is 84.2 Å². The summed E-state index contributed by atoms with van der Waals surface area (Å²) in [7, 11) is -0.527. The lowest BCUT2D eigenvalue weighted by molar-refractivity contribution is 0.243. The zero-order valence-electron chi connectivity index (χ0n) is 9.01. The van der Waals surface area contributed by atoms with Crippen molar-refractivity contribution in [2.45, 2.75) is 27.2 Å². The van der Waals surface area contributed by atoms with Gasteiger partial charge in [0.05, 0.1) is 0 Å². The number of hydrogen-bond acceptors (Lipinski definition) is 2. The van der Waals surface area contributed by atoms with Crippen molar-refractivity contribution < 1.29 is 4.21 Å². The average molecular weight is 203 g/mol. The molecule has 0 aliphatic carbocycles. The molecule has 1 rings (SSSR count). The summed E-state index contributed by atoms with van der Waals surface area (Å²) in [5, 5.41) is 0. The van der Waals surface area contributed by atoms with Crippen molar-refractivity contribution >= 4 is 10.8 Å². The summed E-state index contributed by atoms with van der Waals surface area (Å²) < 4.78 is 11.1. The van der Waals surface area contributed by atoms with E-state index in [1.807, 2.05) is 0 Å². The fourth-order valence-electron chi connectivity index (χ4n) is 1.39. The summed E-state index contributed by atoms with van der Waals surface area (Å²) in [5.41, 5.74) is 0.427. The molecule has 0 aromatic carbocycles. The summed E-state index contributed by atoms with van der Waals surface area (Å²) in [4.78, 5) is 2.44. The molecular weight excluding hydrogens is 182 g/mol. The molecule has 13 heavy (non-hydrogen) atoms. The topological polar surface area (TPSA) is 20.3 Å². The van der Waals surface area contributed by atoms with Gasteiger partial charge in [0, 0.05) is 35.4 Å². The Morgan fingerprint density at radius 2 is 1.77 bits per heavy atom. The first kappa shape index (κ1) is 11.2. The maximum absolute atomic E-state index is 11.1. The molecule has 78 valence electrons. The van der Waals surface area contributed by atoms with Crippen LogP contribution in [-0.2, 0) is 10.8 Å². The van der Waals surface area contributed by atoms with E-state index in [1.54, 1.807) is 0 Å². The molecular formula is C10H21NOS. The van der Waals surface area contributed by atoms with Gasteiger partial charge in [0.25, 0.3) is 0 Å². The van der Waals surface area contributed by atoms with Crippen molar-refractivity contribution in [3.05, 3.63) is 0 Å². The van der Waals surface area contributed by atoms with Gasteiger partial charge in [0.1, 0.15) is 0 Å². The minimum atomic E-state index is -0.527. The van der Waals surface area contributed by atoms with Gasteiger partial charge in [-0.25, -0.2) is 0 Å². The van der Waals surface area contributed by atoms with Crippen molar-refractivity contribution in [3.63, 3.8) is 0 Å². The highest BCUT2D eigenvalue weighted by Gasteiger charge is 2.17. The summed E-state index contributed by atoms with van der Waals surface area (Å²) in [5.74, 6) is 1.76. The predicted molar refractivity (Wildman–Crippen MR) is 58.4 cm³/mol. The second-order valence-corrected chi connectivity index (χ2v) is 6.70. The highest BCUT2D eigenvalue weighted by atomic mass is 32.2. The maximum Gasteiger partial charge on any atom is 0.0363 e. The van der Waals surface area contributed by atoms with Crippen molar-refractivity contribution in [2.24, 2.45) is 5.41 Å². The van der Waals surface area contributed by atoms with E-state index < -0.39 is 10.8 Å². The van der Waals surface area contributed by atoms with E-state index in [9.17, 15) is 4.21 Å². The van der Waals surface area contributed by atoms with Crippen LogP contribution in [0.25, 0.3) is 0 Å². The Bertz CT molecular complexity index is 176. The highest BCUT2D eigenvalue weighted by Crippen LogP contribution is 2.19. The molecule has 1 aliphatic rings. The van der Waals surface area contributed by atoms with Gasteiger partial charge in [-0.3, -0.25) is 4.21 Å². The van der Waals surface area contributed by atoms with Gasteiger partial charge in [-0.2, -0.15) is 0 Å². The third-order valence-electron chi connectivity index (χ3n) is 2.45. The number of nitrogens with zero attached hydrogens (tertiary/aromatic N) is 1. The first-order chi connectivity index (χ1) is 5.97. The molecule has 2 nitrogen and oxygen atoms in total. The van der Waals surface area contributed by atoms with Crippen LogP contribution in [-0.4, -0.2) is 40.2 Å². The predicted octanol–water partition coefficient (Wildman–Crippen LogP) is 1.49. The fraction of sp³-hybridized carbons (Fsp3) is 1.00. The second kappa shape index (κ2) is 4.56. The Morgan fingerprint density at radius 3 is 2.23 bits per heavy atom. The normalized spacial score (nSPS) is 22.1. The molecule has 0 amide bonds. The van der Waals surface area contributed by atoms with Crippen LogP contribution in [0.2, 0.25) is 0 Å². The van der Waals surface area contributed by atoms with Crippen LogP contribution < -0.4 is 0 Å². The largest absolute Gasteiger partial charge is 0.301 e. The molecule has 0 aromatic rings. The molecule has 3 heteroatoms. The van der Waals surface area contributed by atoms with Crippen LogP contribution in [0.3, 0.4) is 0 Å². The number of rotatable bonds is 2. The molecule has 0 atom stereocenters. The molecule has 0 bridgehead atoms. The maximum atomic E-state index is 11.1. The third-order valence-corrected chi connectivity index (χ3v) is 3.72. The van der Waals surface area contributed by atoms with Crippen LogP contribution in [0.5, 0.6) is 0 Å². The quantitative estimate of drug-likeness (QED) is 0.677. The van der Waals surface area contributed by atoms with E-state index >= 15 is 0 Å². The van der Waals surface area contributed by atoms with Gasteiger partial charge in [0.2, 0.25) is 0 Å². The van der Waals surface area contributed by atoms with E-state index in [0.717, 1.165) is 24.6 Å². The van der Waals surface area contributed by atoms with E-state index in [4.69, 9.17) is 0 Å². The van der Waals surface area contributed by atoms with E-state index in [2.05, 4.69) is 25.7 Å². The van der Waals surface area contributed by atoms with Crippen molar-refractivity contribution in [1.29, 1.82) is 0 Å². The van der Waals surface area contributed by atoms with Gasteiger partial charge in [-0.15, -0.1) is 0 Å². The standard InChI is InChI=1S/C10H21NOS/c1-10(2,3)4-5-11-6-8-13(12)9-7-11/h4-9H2,1-3H3. The van der Waals surface area contributed by atoms with Gasteiger partial charge in [-0.05, 0) is 18.4 Å². The van der Waals surface area contributed by atoms with Crippen LogP contribution in [0.15, 0.2) is 0 Å². The van der Waals surface area contributed by atoms with E-state index in [1.165, 1.54) is 13.0 Å². The molecule has 0 spiro atoms. The lowest BCUT2D eigenvalue weighted by Gasteiger charge is -2.29. The zero-order valence-corrected chi connectivity index (χ0v) is 9.82. The average Bonchev–Trinajstić information content (AvgIpc) is 2.02. The van der Waals surface area contributed by atoms with Gasteiger partial charge in [0.15, 0.2) is 0 Å². The molecule has 1 fully saturated rings. The summed E-state index contributed by atoms with van der Waals surface area (Å²) in [6, 6.07) is 0. The SMILES string of the molecule is CC(C)(C)CCN1CCS(=O)CC1. The molecule has 1 aliphatic heterocycles. The minimum absolute atomic E-state index is 0.427. The number of hydrogen-bond donors (Lipinski definition) is 0. The molecule has 1 heterocycles. The third kappa shape index (κ3) is 4.77. The van der Waals surface area contributed by atoms with Gasteiger partial charge < -0.3 is 4.90 Å². The molecule has 0 saturated carbocycles.